The summed E-state index contributed by atoms with van der Waals surface area (Å²) >= 11 is 1.28. The molecule has 92 valence electrons. The lowest BCUT2D eigenvalue weighted by Gasteiger charge is -2.11. The summed E-state index contributed by atoms with van der Waals surface area (Å²) < 4.78 is 39.2. The van der Waals surface area contributed by atoms with Crippen molar-refractivity contribution in [1.29, 1.82) is 0 Å². The zero-order valence-electron chi connectivity index (χ0n) is 7.69. The average molecular weight is 362 g/mol. The van der Waals surface area contributed by atoms with Crippen molar-refractivity contribution in [2.75, 3.05) is 0 Å². The lowest BCUT2D eigenvalue weighted by Crippen LogP contribution is -2.19. The van der Waals surface area contributed by atoms with Crippen LogP contribution in [0.1, 0.15) is 10.5 Å². The third-order valence-electron chi connectivity index (χ3n) is 1.51. The normalized spacial score (nSPS) is 11.1. The number of aromatic nitrogens is 1. The van der Waals surface area contributed by atoms with Gasteiger partial charge in [-0.05, 0) is 22.6 Å². The third-order valence-corrected chi connectivity index (χ3v) is 2.55. The van der Waals surface area contributed by atoms with E-state index in [-0.39, 0.29) is 6.29 Å². The first-order valence-corrected chi connectivity index (χ1v) is 4.88. The van der Waals surface area contributed by atoms with Gasteiger partial charge < -0.3 is 4.74 Å². The van der Waals surface area contributed by atoms with Crippen LogP contribution < -0.4 is 4.74 Å². The maximum absolute atomic E-state index is 12.0. The van der Waals surface area contributed by atoms with Gasteiger partial charge in [0.05, 0.1) is 4.92 Å². The van der Waals surface area contributed by atoms with Crippen LogP contribution in [0.5, 0.6) is 5.75 Å². The number of carbonyl (C=O) groups excluding carboxylic acids is 1. The van der Waals surface area contributed by atoms with E-state index in [2.05, 4.69) is 9.72 Å². The molecule has 0 bridgehead atoms. The van der Waals surface area contributed by atoms with E-state index in [9.17, 15) is 28.1 Å². The Kier molecular flexibility index (Phi) is 3.85. The molecule has 17 heavy (non-hydrogen) atoms. The van der Waals surface area contributed by atoms with E-state index in [4.69, 9.17) is 0 Å². The first kappa shape index (κ1) is 13.6. The Morgan fingerprint density at radius 3 is 2.53 bits per heavy atom. The van der Waals surface area contributed by atoms with Crippen LogP contribution in [0.15, 0.2) is 6.20 Å². The lowest BCUT2D eigenvalue weighted by atomic mass is 10.3. The Morgan fingerprint density at radius 1 is 1.53 bits per heavy atom. The summed E-state index contributed by atoms with van der Waals surface area (Å²) in [7, 11) is 0. The Bertz CT molecular complexity index is 477. The summed E-state index contributed by atoms with van der Waals surface area (Å²) in [5.74, 6) is -0.970. The molecule has 6 nitrogen and oxygen atoms in total. The van der Waals surface area contributed by atoms with Gasteiger partial charge >= 0.3 is 12.0 Å². The van der Waals surface area contributed by atoms with E-state index >= 15 is 0 Å². The maximum atomic E-state index is 12.0. The Balaban J connectivity index is 3.37. The number of pyridine rings is 1. The monoisotopic (exact) mass is 362 g/mol. The molecule has 0 aliphatic carbocycles. The summed E-state index contributed by atoms with van der Waals surface area (Å²) in [5, 5.41) is 10.5. The summed E-state index contributed by atoms with van der Waals surface area (Å²) in [5.41, 5.74) is -1.33. The number of hydrogen-bond donors (Lipinski definition) is 0. The number of aldehydes is 1. The highest BCUT2D eigenvalue weighted by molar-refractivity contribution is 14.1. The molecule has 0 aliphatic rings. The molecular weight excluding hydrogens is 360 g/mol. The first-order chi connectivity index (χ1) is 7.76. The Hall–Kier alpha value is -1.46. The molecule has 0 spiro atoms. The number of ether oxygens (including phenoxy) is 1. The van der Waals surface area contributed by atoms with Gasteiger partial charge in [-0.15, -0.1) is 13.2 Å². The molecule has 0 radical (unpaired) electrons. The van der Waals surface area contributed by atoms with E-state index in [0.29, 0.717) is 6.20 Å². The molecule has 1 rings (SSSR count). The van der Waals surface area contributed by atoms with Crippen molar-refractivity contribution in [3.63, 3.8) is 0 Å². The number of alkyl halides is 3. The molecule has 0 aliphatic heterocycles. The number of rotatable bonds is 3. The predicted octanol–water partition coefficient (Wildman–Crippen LogP) is 2.31. The molecule has 0 saturated carbocycles. The van der Waals surface area contributed by atoms with Crippen LogP contribution >= 0.6 is 22.6 Å². The van der Waals surface area contributed by atoms with Crippen molar-refractivity contribution in [1.82, 2.24) is 4.98 Å². The molecule has 1 aromatic heterocycles. The molecule has 0 aromatic carbocycles. The predicted molar refractivity (Wildman–Crippen MR) is 55.7 cm³/mol. The average Bonchev–Trinajstić information content (AvgIpc) is 2.18. The zero-order chi connectivity index (χ0) is 13.2. The molecule has 0 fully saturated rings. The fraction of sp³-hybridized carbons (Fsp3) is 0.143. The standard InChI is InChI=1S/C7H2F3IN2O4/c8-7(9,10)17-6-3(2-14)12-1-4(5(6)11)13(15)16/h1-2H. The van der Waals surface area contributed by atoms with E-state index < -0.39 is 32.0 Å². The van der Waals surface area contributed by atoms with Crippen LogP contribution in [0.25, 0.3) is 0 Å². The second kappa shape index (κ2) is 4.81. The van der Waals surface area contributed by atoms with Crippen LogP contribution in [0.3, 0.4) is 0 Å². The van der Waals surface area contributed by atoms with E-state index in [1.54, 1.807) is 0 Å². The first-order valence-electron chi connectivity index (χ1n) is 3.80. The van der Waals surface area contributed by atoms with Crippen molar-refractivity contribution in [3.8, 4) is 5.75 Å². The number of nitrogens with zero attached hydrogens (tertiary/aromatic N) is 2. The smallest absolute Gasteiger partial charge is 0.402 e. The largest absolute Gasteiger partial charge is 0.573 e. The number of nitro groups is 1. The van der Waals surface area contributed by atoms with Crippen molar-refractivity contribution in [2.45, 2.75) is 6.36 Å². The molecule has 1 aromatic rings. The van der Waals surface area contributed by atoms with Gasteiger partial charge in [-0.25, -0.2) is 4.98 Å². The van der Waals surface area contributed by atoms with Gasteiger partial charge in [0.1, 0.15) is 15.5 Å². The van der Waals surface area contributed by atoms with Gasteiger partial charge in [-0.3, -0.25) is 14.9 Å². The number of carbonyl (C=O) groups is 1. The van der Waals surface area contributed by atoms with E-state index in [0.717, 1.165) is 0 Å². The molecule has 1 heterocycles. The van der Waals surface area contributed by atoms with Gasteiger partial charge in [-0.1, -0.05) is 0 Å². The topological polar surface area (TPSA) is 82.3 Å². The second-order valence-corrected chi connectivity index (χ2v) is 3.67. The van der Waals surface area contributed by atoms with E-state index in [1.165, 1.54) is 22.6 Å². The van der Waals surface area contributed by atoms with Crippen molar-refractivity contribution in [2.24, 2.45) is 0 Å². The molecule has 0 unspecified atom stereocenters. The highest BCUT2D eigenvalue weighted by Gasteiger charge is 2.35. The molecule has 10 heteroatoms. The molecule has 0 saturated heterocycles. The Labute approximate surface area is 105 Å². The second-order valence-electron chi connectivity index (χ2n) is 2.59. The summed E-state index contributed by atoms with van der Waals surface area (Å²) in [4.78, 5) is 23.2. The van der Waals surface area contributed by atoms with Gasteiger partial charge in [0.15, 0.2) is 12.0 Å². The highest BCUT2D eigenvalue weighted by atomic mass is 127. The molecular formula is C7H2F3IN2O4. The summed E-state index contributed by atoms with van der Waals surface area (Å²) in [6.45, 7) is 0. The number of halogens is 4. The van der Waals surface area contributed by atoms with Crippen LogP contribution in [-0.2, 0) is 0 Å². The van der Waals surface area contributed by atoms with Crippen molar-refractivity contribution < 1.29 is 27.6 Å². The molecule has 0 atom stereocenters. The summed E-state index contributed by atoms with van der Waals surface area (Å²) in [6.07, 6.45) is -4.35. The van der Waals surface area contributed by atoms with Crippen LogP contribution in [0, 0.1) is 13.7 Å². The van der Waals surface area contributed by atoms with Crippen LogP contribution in [0.4, 0.5) is 18.9 Å². The zero-order valence-corrected chi connectivity index (χ0v) is 9.85. The van der Waals surface area contributed by atoms with Crippen molar-refractivity contribution >= 4 is 34.6 Å². The lowest BCUT2D eigenvalue weighted by molar-refractivity contribution is -0.386. The highest BCUT2D eigenvalue weighted by Crippen LogP contribution is 2.34. The van der Waals surface area contributed by atoms with Gasteiger partial charge in [0, 0.05) is 0 Å². The third kappa shape index (κ3) is 3.25. The molecule has 0 N–H and O–H groups in total. The van der Waals surface area contributed by atoms with Gasteiger partial charge in [0.25, 0.3) is 0 Å². The minimum atomic E-state index is -5.06. The fourth-order valence-electron chi connectivity index (χ4n) is 0.899. The fourth-order valence-corrected chi connectivity index (χ4v) is 1.62. The van der Waals surface area contributed by atoms with Crippen LogP contribution in [0.2, 0.25) is 0 Å². The van der Waals surface area contributed by atoms with Gasteiger partial charge in [0.2, 0.25) is 0 Å². The minimum absolute atomic E-state index is 0.0208. The SMILES string of the molecule is O=Cc1ncc([N+](=O)[O-])c(I)c1OC(F)(F)F. The molecule has 0 amide bonds. The number of hydrogen-bond acceptors (Lipinski definition) is 5. The van der Waals surface area contributed by atoms with Crippen LogP contribution in [-0.4, -0.2) is 22.6 Å². The van der Waals surface area contributed by atoms with E-state index in [1.807, 2.05) is 0 Å². The quantitative estimate of drug-likeness (QED) is 0.357. The van der Waals surface area contributed by atoms with Crippen molar-refractivity contribution in [3.05, 3.63) is 25.6 Å². The summed E-state index contributed by atoms with van der Waals surface area (Å²) in [6, 6.07) is 0. The van der Waals surface area contributed by atoms with Gasteiger partial charge in [-0.2, -0.15) is 0 Å². The maximum Gasteiger partial charge on any atom is 0.573 e. The Morgan fingerprint density at radius 2 is 2.12 bits per heavy atom. The minimum Gasteiger partial charge on any atom is -0.402 e.